The number of rotatable bonds is 54. The van der Waals surface area contributed by atoms with Crippen LogP contribution in [0.4, 0.5) is 4.79 Å². The van der Waals surface area contributed by atoms with Crippen LogP contribution in [0, 0.1) is 5.41 Å². The van der Waals surface area contributed by atoms with E-state index in [1.165, 1.54) is 116 Å². The van der Waals surface area contributed by atoms with Gasteiger partial charge in [0.2, 0.25) is 11.8 Å². The average molecular weight is 1260 g/mol. The molecule has 1 heterocycles. The van der Waals surface area contributed by atoms with E-state index in [1.54, 1.807) is 19.1 Å². The molecule has 1 aliphatic carbocycles. The number of nitrogens with zero attached hydrogens (tertiary/aromatic N) is 1. The molecular weight excluding hydrogens is 1140 g/mol. The van der Waals surface area contributed by atoms with Crippen molar-refractivity contribution >= 4 is 65.4 Å². The van der Waals surface area contributed by atoms with Crippen molar-refractivity contribution < 1.29 is 86.6 Å². The minimum absolute atomic E-state index is 0.000398. The third-order valence-electron chi connectivity index (χ3n) is 15.4. The molecule has 0 saturated carbocycles. The highest BCUT2D eigenvalue weighted by Crippen LogP contribution is 2.35. The van der Waals surface area contributed by atoms with Crippen LogP contribution >= 0.6 is 11.8 Å². The van der Waals surface area contributed by atoms with Crippen molar-refractivity contribution in [3.05, 3.63) is 12.2 Å². The predicted octanol–water partition coefficient (Wildman–Crippen LogP) is 10.1. The number of ether oxygens (including phenoxy) is 6. The van der Waals surface area contributed by atoms with Gasteiger partial charge in [-0.05, 0) is 51.5 Å². The molecule has 1 fully saturated rings. The summed E-state index contributed by atoms with van der Waals surface area (Å²) in [6.45, 7) is 5.26. The number of aliphatic carboxylic acids is 1. The van der Waals surface area contributed by atoms with E-state index in [0.29, 0.717) is 30.7 Å². The molecular formula is C64H110N4O18S. The summed E-state index contributed by atoms with van der Waals surface area (Å²) in [5, 5.41) is 27.1. The highest BCUT2D eigenvalue weighted by atomic mass is 32.2. The van der Waals surface area contributed by atoms with Gasteiger partial charge in [-0.25, -0.2) is 14.4 Å². The first-order chi connectivity index (χ1) is 42.1. The van der Waals surface area contributed by atoms with Crippen LogP contribution in [0.5, 0.6) is 0 Å². The van der Waals surface area contributed by atoms with Crippen molar-refractivity contribution in [2.24, 2.45) is 5.41 Å². The quantitative estimate of drug-likeness (QED) is 0.0124. The number of hydroxylamine groups is 2. The van der Waals surface area contributed by atoms with Gasteiger partial charge >= 0.3 is 30.0 Å². The Labute approximate surface area is 522 Å². The molecule has 0 radical (unpaired) electrons. The molecule has 5 amide bonds. The Morgan fingerprint density at radius 1 is 0.632 bits per heavy atom. The van der Waals surface area contributed by atoms with Gasteiger partial charge < -0.3 is 59.4 Å². The van der Waals surface area contributed by atoms with Gasteiger partial charge in [-0.15, -0.1) is 5.06 Å². The lowest BCUT2D eigenvalue weighted by atomic mass is 9.79. The van der Waals surface area contributed by atoms with Crippen LogP contribution in [0.25, 0.3) is 0 Å². The van der Waals surface area contributed by atoms with Gasteiger partial charge in [0, 0.05) is 43.7 Å². The number of alkyl carbamates (subject to hydrolysis) is 1. The molecule has 2 aliphatic rings. The van der Waals surface area contributed by atoms with E-state index in [9.17, 15) is 48.3 Å². The lowest BCUT2D eigenvalue weighted by Gasteiger charge is -2.30. The molecule has 2 unspecified atom stereocenters. The van der Waals surface area contributed by atoms with Crippen molar-refractivity contribution in [3.8, 4) is 0 Å². The van der Waals surface area contributed by atoms with Gasteiger partial charge in [0.25, 0.3) is 11.8 Å². The molecule has 0 aromatic carbocycles. The molecule has 87 heavy (non-hydrogen) atoms. The number of aliphatic hydroxyl groups excluding tert-OH is 1. The number of esters is 2. The third kappa shape index (κ3) is 39.7. The Kier molecular flexibility index (Phi) is 45.8. The van der Waals surface area contributed by atoms with Crippen LogP contribution in [0.15, 0.2) is 12.2 Å². The van der Waals surface area contributed by atoms with Crippen LogP contribution in [-0.2, 0) is 71.6 Å². The molecule has 0 aromatic rings. The second kappa shape index (κ2) is 51.0. The van der Waals surface area contributed by atoms with Crippen LogP contribution in [0.2, 0.25) is 0 Å². The monoisotopic (exact) mass is 1250 g/mol. The second-order valence-corrected chi connectivity index (χ2v) is 24.3. The van der Waals surface area contributed by atoms with Crippen molar-refractivity contribution in [1.29, 1.82) is 0 Å². The van der Waals surface area contributed by atoms with Crippen LogP contribution in [0.3, 0.4) is 0 Å². The predicted molar refractivity (Wildman–Crippen MR) is 331 cm³/mol. The first-order valence-corrected chi connectivity index (χ1v) is 34.1. The molecule has 23 heteroatoms. The lowest BCUT2D eigenvalue weighted by molar-refractivity contribution is -0.205. The topological polar surface area (TPSA) is 298 Å². The van der Waals surface area contributed by atoms with Gasteiger partial charge in [0.05, 0.1) is 45.1 Å². The highest BCUT2D eigenvalue weighted by Gasteiger charge is 2.41. The fraction of sp³-hybridized carbons (Fsp3) is 0.828. The number of amides is 5. The average Bonchev–Trinajstić information content (AvgIpc) is 3.74. The van der Waals surface area contributed by atoms with Crippen LogP contribution < -0.4 is 16.0 Å². The summed E-state index contributed by atoms with van der Waals surface area (Å²) >= 11 is 1.12. The van der Waals surface area contributed by atoms with Gasteiger partial charge in [0.15, 0.2) is 0 Å². The van der Waals surface area contributed by atoms with Gasteiger partial charge in [-0.3, -0.25) is 28.8 Å². The zero-order valence-corrected chi connectivity index (χ0v) is 53.9. The maximum absolute atomic E-state index is 14.1. The largest absolute Gasteiger partial charge is 0.480 e. The lowest BCUT2D eigenvalue weighted by Crippen LogP contribution is -2.56. The zero-order valence-electron chi connectivity index (χ0n) is 53.1. The summed E-state index contributed by atoms with van der Waals surface area (Å²) in [4.78, 5) is 121. The number of nitrogens with one attached hydrogen (secondary N) is 3. The summed E-state index contributed by atoms with van der Waals surface area (Å²) < 4.78 is 33.1. The molecule has 5 N–H and O–H groups in total. The number of hydrogen-bond acceptors (Lipinski definition) is 18. The first-order valence-electron chi connectivity index (χ1n) is 32.9. The Balaban J connectivity index is 2.11. The van der Waals surface area contributed by atoms with E-state index in [4.69, 9.17) is 38.4 Å². The van der Waals surface area contributed by atoms with Gasteiger partial charge in [0.1, 0.15) is 37.5 Å². The summed E-state index contributed by atoms with van der Waals surface area (Å²) in [7, 11) is 0. The molecule has 1 aliphatic heterocycles. The molecule has 500 valence electrons. The third-order valence-corrected chi connectivity index (χ3v) is 16.5. The van der Waals surface area contributed by atoms with Crippen LogP contribution in [0.1, 0.15) is 239 Å². The van der Waals surface area contributed by atoms with Crippen molar-refractivity contribution in [3.63, 3.8) is 0 Å². The normalized spacial score (nSPS) is 17.3. The smallest absolute Gasteiger partial charge is 0.408 e. The van der Waals surface area contributed by atoms with E-state index in [2.05, 4.69) is 29.8 Å². The molecule has 22 nitrogen and oxygen atoms in total. The van der Waals surface area contributed by atoms with Gasteiger partial charge in [-0.1, -0.05) is 174 Å². The Morgan fingerprint density at radius 2 is 1.14 bits per heavy atom. The summed E-state index contributed by atoms with van der Waals surface area (Å²) in [5.74, 6) is -5.64. The van der Waals surface area contributed by atoms with E-state index in [1.807, 2.05) is 0 Å². The number of aliphatic hydroxyl groups is 1. The van der Waals surface area contributed by atoms with Gasteiger partial charge in [-0.2, -0.15) is 11.8 Å². The van der Waals surface area contributed by atoms with E-state index in [-0.39, 0.29) is 96.2 Å². The van der Waals surface area contributed by atoms with E-state index in [0.717, 1.165) is 50.3 Å². The maximum atomic E-state index is 14.1. The molecule has 0 bridgehead atoms. The SMILES string of the molecule is CCCCCCCCCCCCCCCC(=O)OC[C@H](CSC[C@H](NC(=O)OC1/C=C/CCC(C)(C(=O)ON2C(=O)CCC2=O)CC1)C(=O)N[C@@H](CO)C(=O)NCCOCCOCCOCC(=O)O)OC(=O)CCCCCCCCCCCCCCC. The van der Waals surface area contributed by atoms with Crippen molar-refractivity contribution in [2.75, 3.05) is 70.9 Å². The maximum Gasteiger partial charge on any atom is 0.408 e. The number of carbonyl (C=O) groups is 9. The number of carbonyl (C=O) groups excluding carboxylic acids is 8. The molecule has 0 aromatic heterocycles. The number of allylic oxidation sites excluding steroid dienone is 1. The molecule has 2 rings (SSSR count). The molecule has 0 spiro atoms. The van der Waals surface area contributed by atoms with E-state index < -0.39 is 96.5 Å². The van der Waals surface area contributed by atoms with Crippen LogP contribution in [-0.4, -0.2) is 164 Å². The highest BCUT2D eigenvalue weighted by molar-refractivity contribution is 7.99. The number of imide groups is 1. The summed E-state index contributed by atoms with van der Waals surface area (Å²) in [5.41, 5.74) is -1.15. The number of hydrogen-bond donors (Lipinski definition) is 5. The fourth-order valence-electron chi connectivity index (χ4n) is 9.93. The molecule has 5 atom stereocenters. The Hall–Kier alpha value is -4.84. The number of carboxylic acids is 1. The van der Waals surface area contributed by atoms with Crippen molar-refractivity contribution in [2.45, 2.75) is 263 Å². The standard InChI is InChI=1S/C64H110N4O18S/c1-4-6-8-10-12-14-16-18-20-22-24-26-28-33-58(74)83-47-52(84-59(75)34-29-27-25-23-21-19-17-15-13-11-9-7-5-2)49-87-50-54(61(77)66-53(46-69)60(76)65-40-41-80-42-43-81-44-45-82-48-57(72)73)67-63(79)85-51-32-30-31-38-64(3,39-37-51)62(78)86-68-55(70)35-36-56(68)71/h30,32,51-54,69H,4-29,31,33-50H2,1-3H3,(H,65,76)(H,66,77)(H,67,79)(H,72,73)/b32-30+/t51?,52-,53+,54+,64?/m1/s1. The Morgan fingerprint density at radius 3 is 1.67 bits per heavy atom. The fourth-order valence-corrected chi connectivity index (χ4v) is 11.0. The Bertz CT molecular complexity index is 1970. The molecule has 1 saturated heterocycles. The zero-order chi connectivity index (χ0) is 63.6. The number of carboxylic acid groups (broad SMARTS) is 1. The second-order valence-electron chi connectivity index (χ2n) is 23.2. The first kappa shape index (κ1) is 78.3. The van der Waals surface area contributed by atoms with E-state index >= 15 is 0 Å². The number of thioether (sulfide) groups is 1. The summed E-state index contributed by atoms with van der Waals surface area (Å²) in [6.07, 6.45) is 32.0. The summed E-state index contributed by atoms with van der Waals surface area (Å²) in [6, 6.07) is -2.85. The van der Waals surface area contributed by atoms with Crippen molar-refractivity contribution in [1.82, 2.24) is 21.0 Å². The number of unbranched alkanes of at least 4 members (excludes halogenated alkanes) is 24. The minimum Gasteiger partial charge on any atom is -0.480 e. The minimum atomic E-state index is -1.46.